The van der Waals surface area contributed by atoms with E-state index in [0.29, 0.717) is 6.61 Å². The van der Waals surface area contributed by atoms with Gasteiger partial charge in [-0.05, 0) is 17.5 Å². The lowest BCUT2D eigenvalue weighted by molar-refractivity contribution is -0.118. The van der Waals surface area contributed by atoms with Gasteiger partial charge in [0, 0.05) is 0 Å². The summed E-state index contributed by atoms with van der Waals surface area (Å²) in [6.45, 7) is 2.94. The van der Waals surface area contributed by atoms with Crippen LogP contribution in [0, 0.1) is 0 Å². The van der Waals surface area contributed by atoms with Crippen molar-refractivity contribution in [1.82, 2.24) is 0 Å². The highest BCUT2D eigenvalue weighted by atomic mass is 16.5. The molecular formula is C12H14O2. The third-order valence-electron chi connectivity index (χ3n) is 2.73. The molecule has 1 atom stereocenters. The minimum absolute atomic E-state index is 0.0221. The molecule has 2 heteroatoms. The van der Waals surface area contributed by atoms with Crippen molar-refractivity contribution < 1.29 is 9.53 Å². The second-order valence-corrected chi connectivity index (χ2v) is 3.59. The number of benzene rings is 1. The molecule has 1 aliphatic heterocycles. The summed E-state index contributed by atoms with van der Waals surface area (Å²) in [5, 5.41) is 0. The summed E-state index contributed by atoms with van der Waals surface area (Å²) in [5.74, 6) is 0.192. The second-order valence-electron chi connectivity index (χ2n) is 3.59. The van der Waals surface area contributed by atoms with E-state index in [1.807, 2.05) is 18.2 Å². The molecule has 14 heavy (non-hydrogen) atoms. The maximum Gasteiger partial charge on any atom is 0.168 e. The van der Waals surface area contributed by atoms with Crippen molar-refractivity contribution in [3.05, 3.63) is 35.4 Å². The van der Waals surface area contributed by atoms with Gasteiger partial charge in [0.2, 0.25) is 0 Å². The molecule has 0 radical (unpaired) electrons. The fraction of sp³-hybridized carbons (Fsp3) is 0.417. The summed E-state index contributed by atoms with van der Waals surface area (Å²) in [6, 6.07) is 8.12. The molecule has 0 amide bonds. The Labute approximate surface area is 83.9 Å². The van der Waals surface area contributed by atoms with Crippen molar-refractivity contribution in [2.45, 2.75) is 19.3 Å². The minimum Gasteiger partial charge on any atom is -0.373 e. The fourth-order valence-electron chi connectivity index (χ4n) is 1.93. The number of rotatable bonds is 2. The van der Waals surface area contributed by atoms with Crippen LogP contribution >= 0.6 is 0 Å². The van der Waals surface area contributed by atoms with Crippen molar-refractivity contribution in [3.8, 4) is 0 Å². The Bertz CT molecular complexity index is 344. The lowest BCUT2D eigenvalue weighted by atomic mass is 9.92. The molecule has 0 aromatic heterocycles. The average Bonchev–Trinajstić information content (AvgIpc) is 2.64. The van der Waals surface area contributed by atoms with E-state index in [9.17, 15) is 4.79 Å². The highest BCUT2D eigenvalue weighted by molar-refractivity contribution is 5.88. The van der Waals surface area contributed by atoms with Crippen molar-refractivity contribution >= 4 is 5.78 Å². The number of hydrogen-bond donors (Lipinski definition) is 0. The number of hydrogen-bond acceptors (Lipinski definition) is 2. The lowest BCUT2D eigenvalue weighted by Gasteiger charge is -2.11. The predicted octanol–water partition coefficient (Wildman–Crippen LogP) is 1.93. The summed E-state index contributed by atoms with van der Waals surface area (Å²) >= 11 is 0. The fourth-order valence-corrected chi connectivity index (χ4v) is 1.93. The van der Waals surface area contributed by atoms with Crippen LogP contribution in [0.4, 0.5) is 0 Å². The summed E-state index contributed by atoms with van der Waals surface area (Å²) in [5.41, 5.74) is 2.41. The first-order chi connectivity index (χ1) is 6.83. The van der Waals surface area contributed by atoms with Crippen molar-refractivity contribution in [1.29, 1.82) is 0 Å². The van der Waals surface area contributed by atoms with Crippen LogP contribution in [0.15, 0.2) is 24.3 Å². The number of carbonyl (C=O) groups excluding carboxylic acids is 1. The molecule has 0 N–H and O–H groups in total. The van der Waals surface area contributed by atoms with Crippen LogP contribution < -0.4 is 0 Å². The zero-order chi connectivity index (χ0) is 9.97. The minimum atomic E-state index is -0.0221. The third kappa shape index (κ3) is 1.58. The molecule has 0 saturated carbocycles. The molecule has 74 valence electrons. The van der Waals surface area contributed by atoms with Crippen LogP contribution in [0.25, 0.3) is 0 Å². The Kier molecular flexibility index (Phi) is 2.64. The summed E-state index contributed by atoms with van der Waals surface area (Å²) in [4.78, 5) is 11.5. The van der Waals surface area contributed by atoms with Crippen LogP contribution in [-0.4, -0.2) is 19.0 Å². The number of carbonyl (C=O) groups is 1. The number of Topliss-reactive ketones (excluding diaryl/α,β-unsaturated/α-hetero) is 1. The van der Waals surface area contributed by atoms with Gasteiger partial charge in [-0.1, -0.05) is 31.2 Å². The molecule has 0 aliphatic carbocycles. The summed E-state index contributed by atoms with van der Waals surface area (Å²) < 4.78 is 5.17. The van der Waals surface area contributed by atoms with Gasteiger partial charge in [0.1, 0.15) is 6.61 Å². The van der Waals surface area contributed by atoms with Crippen LogP contribution in [0.1, 0.15) is 24.0 Å². The quantitative estimate of drug-likeness (QED) is 0.712. The van der Waals surface area contributed by atoms with E-state index in [2.05, 4.69) is 13.0 Å². The average molecular weight is 190 g/mol. The van der Waals surface area contributed by atoms with E-state index in [0.717, 1.165) is 12.0 Å². The van der Waals surface area contributed by atoms with Crippen molar-refractivity contribution in [2.24, 2.45) is 0 Å². The monoisotopic (exact) mass is 190 g/mol. The molecule has 0 spiro atoms. The molecular weight excluding hydrogens is 176 g/mol. The summed E-state index contributed by atoms with van der Waals surface area (Å²) in [6.07, 6.45) is 0.972. The first kappa shape index (κ1) is 9.41. The summed E-state index contributed by atoms with van der Waals surface area (Å²) in [7, 11) is 0. The van der Waals surface area contributed by atoms with Gasteiger partial charge < -0.3 is 4.74 Å². The van der Waals surface area contributed by atoms with E-state index >= 15 is 0 Å². The first-order valence-corrected chi connectivity index (χ1v) is 5.01. The molecule has 1 aromatic carbocycles. The van der Waals surface area contributed by atoms with E-state index < -0.39 is 0 Å². The number of ether oxygens (including phenoxy) is 1. The predicted molar refractivity (Wildman–Crippen MR) is 54.4 cm³/mol. The number of aryl methyl sites for hydroxylation is 1. The maximum absolute atomic E-state index is 11.5. The van der Waals surface area contributed by atoms with Gasteiger partial charge in [-0.15, -0.1) is 0 Å². The molecule has 1 heterocycles. The van der Waals surface area contributed by atoms with Gasteiger partial charge in [0.15, 0.2) is 5.78 Å². The number of ketones is 1. The Morgan fingerprint density at radius 3 is 2.86 bits per heavy atom. The molecule has 1 saturated heterocycles. The highest BCUT2D eigenvalue weighted by Gasteiger charge is 2.27. The van der Waals surface area contributed by atoms with Gasteiger partial charge in [0.05, 0.1) is 12.5 Å². The second kappa shape index (κ2) is 3.93. The van der Waals surface area contributed by atoms with Crippen LogP contribution in [-0.2, 0) is 16.0 Å². The smallest absolute Gasteiger partial charge is 0.168 e. The first-order valence-electron chi connectivity index (χ1n) is 5.01. The Hall–Kier alpha value is -1.15. The van der Waals surface area contributed by atoms with Gasteiger partial charge in [-0.2, -0.15) is 0 Å². The normalized spacial score (nSPS) is 21.5. The zero-order valence-electron chi connectivity index (χ0n) is 8.32. The molecule has 1 fully saturated rings. The Morgan fingerprint density at radius 2 is 2.21 bits per heavy atom. The largest absolute Gasteiger partial charge is 0.373 e. The lowest BCUT2D eigenvalue weighted by Crippen LogP contribution is -2.11. The molecule has 1 aliphatic rings. The Morgan fingerprint density at radius 1 is 1.43 bits per heavy atom. The van der Waals surface area contributed by atoms with E-state index in [1.54, 1.807) is 0 Å². The van der Waals surface area contributed by atoms with E-state index in [4.69, 9.17) is 4.74 Å². The molecule has 2 nitrogen and oxygen atoms in total. The van der Waals surface area contributed by atoms with Gasteiger partial charge >= 0.3 is 0 Å². The van der Waals surface area contributed by atoms with Crippen LogP contribution in [0.5, 0.6) is 0 Å². The van der Waals surface area contributed by atoms with Crippen molar-refractivity contribution in [3.63, 3.8) is 0 Å². The molecule has 0 unspecified atom stereocenters. The SMILES string of the molecule is CCc1ccccc1[C@H]1COCC1=O. The molecule has 2 rings (SSSR count). The van der Waals surface area contributed by atoms with Gasteiger partial charge in [-0.3, -0.25) is 4.79 Å². The van der Waals surface area contributed by atoms with E-state index in [-0.39, 0.29) is 18.3 Å². The topological polar surface area (TPSA) is 26.3 Å². The van der Waals surface area contributed by atoms with Crippen LogP contribution in [0.2, 0.25) is 0 Å². The molecule has 0 bridgehead atoms. The maximum atomic E-state index is 11.5. The van der Waals surface area contributed by atoms with E-state index in [1.165, 1.54) is 5.56 Å². The Balaban J connectivity index is 2.35. The van der Waals surface area contributed by atoms with Crippen molar-refractivity contribution in [2.75, 3.05) is 13.2 Å². The van der Waals surface area contributed by atoms with Gasteiger partial charge in [-0.25, -0.2) is 0 Å². The molecule has 1 aromatic rings. The van der Waals surface area contributed by atoms with Crippen LogP contribution in [0.3, 0.4) is 0 Å². The highest BCUT2D eigenvalue weighted by Crippen LogP contribution is 2.25. The van der Waals surface area contributed by atoms with Gasteiger partial charge in [0.25, 0.3) is 0 Å². The third-order valence-corrected chi connectivity index (χ3v) is 2.73. The standard InChI is InChI=1S/C12H14O2/c1-2-9-5-3-4-6-10(9)11-7-14-8-12(11)13/h3-6,11H,2,7-8H2,1H3/t11-/m1/s1. The zero-order valence-corrected chi connectivity index (χ0v) is 8.32.